The van der Waals surface area contributed by atoms with Crippen LogP contribution in [0.5, 0.6) is 0 Å². The molecule has 94 valence electrons. The van der Waals surface area contributed by atoms with Gasteiger partial charge in [0.2, 0.25) is 0 Å². The summed E-state index contributed by atoms with van der Waals surface area (Å²) >= 11 is 4.11. The van der Waals surface area contributed by atoms with Crippen LogP contribution in [0.25, 0.3) is 0 Å². The van der Waals surface area contributed by atoms with Crippen LogP contribution in [0.15, 0.2) is 29.2 Å². The minimum absolute atomic E-state index is 0.0997. The van der Waals surface area contributed by atoms with Crippen molar-refractivity contribution in [2.24, 2.45) is 0 Å². The Kier molecular flexibility index (Phi) is 5.28. The minimum Gasteiger partial charge on any atom is -0.371 e. The van der Waals surface area contributed by atoms with Gasteiger partial charge in [0.25, 0.3) is 5.56 Å². The third-order valence-electron chi connectivity index (χ3n) is 2.58. The third-order valence-corrected chi connectivity index (χ3v) is 3.03. The molecule has 1 heterocycles. The molecule has 0 aliphatic heterocycles. The highest BCUT2D eigenvalue weighted by atomic mass is 32.1. The Hall–Kier alpha value is -1.23. The first kappa shape index (κ1) is 13.8. The standard InChI is InChI=1S/C12H19N3OS/c1-4-14(5-2)11-6-12(16)15(13-7-11)8-10(3)9-17/h6-7,17H,3-5,8-9H2,1-2H3. The van der Waals surface area contributed by atoms with Crippen LogP contribution >= 0.6 is 12.6 Å². The molecule has 0 saturated heterocycles. The Morgan fingerprint density at radius 2 is 2.18 bits per heavy atom. The molecule has 0 aliphatic carbocycles. The lowest BCUT2D eigenvalue weighted by molar-refractivity contribution is 0.631. The molecular weight excluding hydrogens is 234 g/mol. The van der Waals surface area contributed by atoms with Crippen molar-refractivity contribution in [1.29, 1.82) is 0 Å². The van der Waals surface area contributed by atoms with Crippen LogP contribution in [-0.4, -0.2) is 28.6 Å². The summed E-state index contributed by atoms with van der Waals surface area (Å²) in [5.41, 5.74) is 1.64. The lowest BCUT2D eigenvalue weighted by Gasteiger charge is -2.20. The zero-order valence-electron chi connectivity index (χ0n) is 10.4. The van der Waals surface area contributed by atoms with E-state index in [0.717, 1.165) is 24.4 Å². The topological polar surface area (TPSA) is 38.1 Å². The third kappa shape index (κ3) is 3.63. The van der Waals surface area contributed by atoms with Crippen LogP contribution < -0.4 is 10.5 Å². The highest BCUT2D eigenvalue weighted by molar-refractivity contribution is 7.80. The second kappa shape index (κ2) is 6.49. The lowest BCUT2D eigenvalue weighted by atomic mass is 10.3. The van der Waals surface area contributed by atoms with E-state index >= 15 is 0 Å². The summed E-state index contributed by atoms with van der Waals surface area (Å²) in [7, 11) is 0. The Morgan fingerprint density at radius 1 is 1.53 bits per heavy atom. The molecule has 0 unspecified atom stereocenters. The Bertz CT molecular complexity index is 438. The normalized spacial score (nSPS) is 10.3. The summed E-state index contributed by atoms with van der Waals surface area (Å²) in [6.07, 6.45) is 1.72. The van der Waals surface area contributed by atoms with Gasteiger partial charge < -0.3 is 4.90 Å². The van der Waals surface area contributed by atoms with E-state index in [2.05, 4.69) is 43.1 Å². The summed E-state index contributed by atoms with van der Waals surface area (Å²) in [4.78, 5) is 13.9. The molecule has 1 rings (SSSR count). The van der Waals surface area contributed by atoms with Crippen LogP contribution in [-0.2, 0) is 6.54 Å². The fourth-order valence-corrected chi connectivity index (χ4v) is 1.67. The van der Waals surface area contributed by atoms with Gasteiger partial charge in [0.15, 0.2) is 0 Å². The van der Waals surface area contributed by atoms with E-state index in [4.69, 9.17) is 0 Å². The largest absolute Gasteiger partial charge is 0.371 e. The molecule has 0 aromatic carbocycles. The summed E-state index contributed by atoms with van der Waals surface area (Å²) in [6.45, 7) is 10.1. The van der Waals surface area contributed by atoms with Crippen molar-refractivity contribution < 1.29 is 0 Å². The van der Waals surface area contributed by atoms with E-state index in [0.29, 0.717) is 12.3 Å². The molecule has 0 saturated carbocycles. The summed E-state index contributed by atoms with van der Waals surface area (Å²) in [5.74, 6) is 0.561. The zero-order valence-corrected chi connectivity index (χ0v) is 11.3. The van der Waals surface area contributed by atoms with Crippen LogP contribution in [0.3, 0.4) is 0 Å². The summed E-state index contributed by atoms with van der Waals surface area (Å²) in [5, 5.41) is 4.15. The van der Waals surface area contributed by atoms with Crippen molar-refractivity contribution in [3.8, 4) is 0 Å². The van der Waals surface area contributed by atoms with Crippen LogP contribution in [0.1, 0.15) is 13.8 Å². The van der Waals surface area contributed by atoms with Gasteiger partial charge in [-0.3, -0.25) is 4.79 Å². The summed E-state index contributed by atoms with van der Waals surface area (Å²) in [6, 6.07) is 1.62. The fraction of sp³-hybridized carbons (Fsp3) is 0.500. The first-order valence-corrected chi connectivity index (χ1v) is 6.35. The van der Waals surface area contributed by atoms with Gasteiger partial charge in [-0.25, -0.2) is 4.68 Å². The van der Waals surface area contributed by atoms with Gasteiger partial charge >= 0.3 is 0 Å². The molecular formula is C12H19N3OS. The lowest BCUT2D eigenvalue weighted by Crippen LogP contribution is -2.28. The van der Waals surface area contributed by atoms with Gasteiger partial charge in [-0.05, 0) is 19.4 Å². The SMILES string of the molecule is C=C(CS)Cn1ncc(N(CC)CC)cc1=O. The number of anilines is 1. The quantitative estimate of drug-likeness (QED) is 0.618. The van der Waals surface area contributed by atoms with E-state index < -0.39 is 0 Å². The predicted molar refractivity (Wildman–Crippen MR) is 75.1 cm³/mol. The highest BCUT2D eigenvalue weighted by Crippen LogP contribution is 2.08. The van der Waals surface area contributed by atoms with Gasteiger partial charge in [-0.15, -0.1) is 0 Å². The van der Waals surface area contributed by atoms with E-state index in [1.807, 2.05) is 0 Å². The van der Waals surface area contributed by atoms with Crippen molar-refractivity contribution in [2.75, 3.05) is 23.7 Å². The predicted octanol–water partition coefficient (Wildman–Crippen LogP) is 1.58. The van der Waals surface area contributed by atoms with Gasteiger partial charge in [-0.1, -0.05) is 6.58 Å². The highest BCUT2D eigenvalue weighted by Gasteiger charge is 2.05. The molecule has 0 atom stereocenters. The molecule has 0 aliphatic rings. The number of rotatable bonds is 6. The number of thiol groups is 1. The monoisotopic (exact) mass is 253 g/mol. The van der Waals surface area contributed by atoms with Crippen molar-refractivity contribution >= 4 is 18.3 Å². The molecule has 5 heteroatoms. The average Bonchev–Trinajstić information content (AvgIpc) is 2.33. The molecule has 4 nitrogen and oxygen atoms in total. The smallest absolute Gasteiger partial charge is 0.269 e. The van der Waals surface area contributed by atoms with Crippen molar-refractivity contribution in [1.82, 2.24) is 9.78 Å². The maximum Gasteiger partial charge on any atom is 0.269 e. The van der Waals surface area contributed by atoms with E-state index in [1.54, 1.807) is 12.3 Å². The van der Waals surface area contributed by atoms with Crippen LogP contribution in [0.4, 0.5) is 5.69 Å². The molecule has 0 radical (unpaired) electrons. The second-order valence-corrected chi connectivity index (χ2v) is 4.11. The van der Waals surface area contributed by atoms with E-state index in [1.165, 1.54) is 4.68 Å². The first-order valence-electron chi connectivity index (χ1n) is 5.72. The van der Waals surface area contributed by atoms with E-state index in [-0.39, 0.29) is 5.56 Å². The Morgan fingerprint density at radius 3 is 2.65 bits per heavy atom. The zero-order chi connectivity index (χ0) is 12.8. The van der Waals surface area contributed by atoms with E-state index in [9.17, 15) is 4.79 Å². The van der Waals surface area contributed by atoms with Crippen LogP contribution in [0.2, 0.25) is 0 Å². The van der Waals surface area contributed by atoms with Gasteiger partial charge in [0, 0.05) is 24.9 Å². The molecule has 0 bridgehead atoms. The number of nitrogens with zero attached hydrogens (tertiary/aromatic N) is 3. The summed E-state index contributed by atoms with van der Waals surface area (Å²) < 4.78 is 1.41. The van der Waals surface area contributed by atoms with Gasteiger partial charge in [0.05, 0.1) is 18.4 Å². The fourth-order valence-electron chi connectivity index (χ4n) is 1.57. The van der Waals surface area contributed by atoms with Crippen molar-refractivity contribution in [3.63, 3.8) is 0 Å². The minimum atomic E-state index is -0.0997. The molecule has 0 amide bonds. The van der Waals surface area contributed by atoms with Gasteiger partial charge in [0.1, 0.15) is 0 Å². The molecule has 1 aromatic rings. The maximum absolute atomic E-state index is 11.8. The second-order valence-electron chi connectivity index (χ2n) is 3.79. The average molecular weight is 253 g/mol. The number of aromatic nitrogens is 2. The maximum atomic E-state index is 11.8. The van der Waals surface area contributed by atoms with Crippen molar-refractivity contribution in [3.05, 3.63) is 34.8 Å². The van der Waals surface area contributed by atoms with Crippen molar-refractivity contribution in [2.45, 2.75) is 20.4 Å². The molecule has 1 aromatic heterocycles. The molecule has 0 fully saturated rings. The Balaban J connectivity index is 2.93. The van der Waals surface area contributed by atoms with Gasteiger partial charge in [-0.2, -0.15) is 17.7 Å². The first-order chi connectivity index (χ1) is 8.12. The number of hydrogen-bond donors (Lipinski definition) is 1. The number of hydrogen-bond acceptors (Lipinski definition) is 4. The molecule has 0 spiro atoms. The Labute approximate surface area is 107 Å². The molecule has 17 heavy (non-hydrogen) atoms. The van der Waals surface area contributed by atoms with Crippen LogP contribution in [0, 0.1) is 0 Å². The molecule has 0 N–H and O–H groups in total.